The Balaban J connectivity index is 1.87. The van der Waals surface area contributed by atoms with E-state index in [9.17, 15) is 4.79 Å². The topological polar surface area (TPSA) is 69.0 Å². The minimum absolute atomic E-state index is 0.0264. The molecule has 0 bridgehead atoms. The van der Waals surface area contributed by atoms with E-state index < -0.39 is 0 Å². The first-order valence-electron chi connectivity index (χ1n) is 6.94. The molecule has 22 heavy (non-hydrogen) atoms. The Morgan fingerprint density at radius 1 is 1.36 bits per heavy atom. The van der Waals surface area contributed by atoms with Crippen LogP contribution < -0.4 is 10.1 Å². The van der Waals surface area contributed by atoms with Gasteiger partial charge in [0.15, 0.2) is 5.16 Å². The lowest BCUT2D eigenvalue weighted by Crippen LogP contribution is -2.30. The van der Waals surface area contributed by atoms with E-state index >= 15 is 0 Å². The number of rotatable bonds is 6. The van der Waals surface area contributed by atoms with Crippen LogP contribution in [0, 0.1) is 6.92 Å². The van der Waals surface area contributed by atoms with Gasteiger partial charge in [0.05, 0.1) is 12.4 Å². The van der Waals surface area contributed by atoms with E-state index in [1.807, 2.05) is 49.7 Å². The van der Waals surface area contributed by atoms with Gasteiger partial charge in [-0.25, -0.2) is 0 Å². The van der Waals surface area contributed by atoms with E-state index in [1.54, 1.807) is 7.11 Å². The summed E-state index contributed by atoms with van der Waals surface area (Å²) >= 11 is 1.40. The van der Waals surface area contributed by atoms with E-state index in [0.717, 1.165) is 22.3 Å². The minimum atomic E-state index is -0.236. The van der Waals surface area contributed by atoms with Gasteiger partial charge in [0, 0.05) is 13.6 Å². The molecule has 0 spiro atoms. The molecule has 0 saturated carbocycles. The number of carbonyl (C=O) groups excluding carboxylic acids is 1. The number of thioether (sulfide) groups is 1. The highest BCUT2D eigenvalue weighted by Crippen LogP contribution is 2.21. The monoisotopic (exact) mass is 320 g/mol. The van der Waals surface area contributed by atoms with E-state index in [1.165, 1.54) is 11.8 Å². The molecule has 0 fully saturated rings. The van der Waals surface area contributed by atoms with Crippen molar-refractivity contribution in [2.45, 2.75) is 30.8 Å². The molecule has 1 N–H and O–H groups in total. The number of aromatic nitrogens is 3. The molecule has 1 atom stereocenters. The van der Waals surface area contributed by atoms with Crippen LogP contribution in [0.5, 0.6) is 5.75 Å². The molecule has 0 aliphatic rings. The first-order valence-corrected chi connectivity index (χ1v) is 7.82. The number of benzene rings is 1. The Labute approximate surface area is 134 Å². The molecule has 1 aromatic heterocycles. The van der Waals surface area contributed by atoms with Crippen LogP contribution in [0.3, 0.4) is 0 Å². The van der Waals surface area contributed by atoms with Gasteiger partial charge in [0.1, 0.15) is 11.6 Å². The standard InChI is InChI=1S/C15H20N4O2S/c1-10(22-15-18-17-11(2)19(15)3)14(20)16-9-12-5-7-13(21-4)8-6-12/h5-8,10H,9H2,1-4H3,(H,16,20)/t10-/m0/s1. The van der Waals surface area contributed by atoms with Gasteiger partial charge in [-0.05, 0) is 31.5 Å². The molecule has 0 aliphatic carbocycles. The summed E-state index contributed by atoms with van der Waals surface area (Å²) < 4.78 is 6.98. The number of amides is 1. The van der Waals surface area contributed by atoms with Crippen molar-refractivity contribution in [2.24, 2.45) is 7.05 Å². The SMILES string of the molecule is COc1ccc(CNC(=O)[C@H](C)Sc2nnc(C)n2C)cc1. The molecule has 1 amide bonds. The zero-order chi connectivity index (χ0) is 16.1. The zero-order valence-electron chi connectivity index (χ0n) is 13.2. The minimum Gasteiger partial charge on any atom is -0.497 e. The fourth-order valence-corrected chi connectivity index (χ4v) is 2.66. The van der Waals surface area contributed by atoms with Crippen LogP contribution >= 0.6 is 11.8 Å². The maximum absolute atomic E-state index is 12.1. The molecule has 2 aromatic rings. The van der Waals surface area contributed by atoms with Crippen LogP contribution in [0.2, 0.25) is 0 Å². The highest BCUT2D eigenvalue weighted by Gasteiger charge is 2.17. The predicted molar refractivity (Wildman–Crippen MR) is 85.9 cm³/mol. The second-order valence-corrected chi connectivity index (χ2v) is 6.22. The summed E-state index contributed by atoms with van der Waals surface area (Å²) in [6.45, 7) is 4.23. The Morgan fingerprint density at radius 2 is 2.05 bits per heavy atom. The van der Waals surface area contributed by atoms with Gasteiger partial charge in [0.25, 0.3) is 0 Å². The Bertz CT molecular complexity index is 639. The van der Waals surface area contributed by atoms with Gasteiger partial charge < -0.3 is 14.6 Å². The number of aryl methyl sites for hydroxylation is 1. The van der Waals surface area contributed by atoms with Crippen molar-refractivity contribution >= 4 is 17.7 Å². The van der Waals surface area contributed by atoms with E-state index in [4.69, 9.17) is 4.74 Å². The summed E-state index contributed by atoms with van der Waals surface area (Å²) in [6.07, 6.45) is 0. The molecule has 1 heterocycles. The first-order chi connectivity index (χ1) is 10.5. The third-order valence-electron chi connectivity index (χ3n) is 3.33. The van der Waals surface area contributed by atoms with Crippen LogP contribution in [-0.4, -0.2) is 33.0 Å². The normalized spacial score (nSPS) is 12.0. The number of ether oxygens (including phenoxy) is 1. The molecule has 0 saturated heterocycles. The van der Waals surface area contributed by atoms with Crippen molar-refractivity contribution in [1.82, 2.24) is 20.1 Å². The van der Waals surface area contributed by atoms with Crippen LogP contribution in [0.25, 0.3) is 0 Å². The van der Waals surface area contributed by atoms with Gasteiger partial charge in [-0.1, -0.05) is 23.9 Å². The second kappa shape index (κ2) is 7.31. The summed E-state index contributed by atoms with van der Waals surface area (Å²) in [5.74, 6) is 1.60. The Morgan fingerprint density at radius 3 is 2.59 bits per heavy atom. The predicted octanol–water partition coefficient (Wildman–Crippen LogP) is 1.93. The Kier molecular flexibility index (Phi) is 5.43. The highest BCUT2D eigenvalue weighted by molar-refractivity contribution is 8.00. The molecule has 0 unspecified atom stereocenters. The average molecular weight is 320 g/mol. The maximum Gasteiger partial charge on any atom is 0.233 e. The molecular weight excluding hydrogens is 300 g/mol. The second-order valence-electron chi connectivity index (χ2n) is 4.91. The highest BCUT2D eigenvalue weighted by atomic mass is 32.2. The third kappa shape index (κ3) is 4.00. The summed E-state index contributed by atoms with van der Waals surface area (Å²) in [7, 11) is 3.52. The van der Waals surface area contributed by atoms with Crippen LogP contribution in [0.15, 0.2) is 29.4 Å². The van der Waals surface area contributed by atoms with Gasteiger partial charge in [-0.2, -0.15) is 0 Å². The van der Waals surface area contributed by atoms with Gasteiger partial charge in [0.2, 0.25) is 5.91 Å². The van der Waals surface area contributed by atoms with Crippen molar-refractivity contribution in [3.63, 3.8) is 0 Å². The van der Waals surface area contributed by atoms with Crippen molar-refractivity contribution < 1.29 is 9.53 Å². The van der Waals surface area contributed by atoms with Crippen molar-refractivity contribution in [2.75, 3.05) is 7.11 Å². The largest absolute Gasteiger partial charge is 0.497 e. The molecule has 7 heteroatoms. The lowest BCUT2D eigenvalue weighted by atomic mass is 10.2. The number of nitrogens with zero attached hydrogens (tertiary/aromatic N) is 3. The van der Waals surface area contributed by atoms with Gasteiger partial charge in [-0.15, -0.1) is 10.2 Å². The van der Waals surface area contributed by atoms with Crippen LogP contribution in [0.4, 0.5) is 0 Å². The quantitative estimate of drug-likeness (QED) is 0.824. The van der Waals surface area contributed by atoms with E-state index in [0.29, 0.717) is 6.54 Å². The maximum atomic E-state index is 12.1. The Hall–Kier alpha value is -2.02. The molecular formula is C15H20N4O2S. The molecule has 6 nitrogen and oxygen atoms in total. The average Bonchev–Trinajstić information content (AvgIpc) is 2.85. The number of hydrogen-bond acceptors (Lipinski definition) is 5. The smallest absolute Gasteiger partial charge is 0.233 e. The third-order valence-corrected chi connectivity index (χ3v) is 4.46. The molecule has 0 aliphatic heterocycles. The van der Waals surface area contributed by atoms with Crippen molar-refractivity contribution in [3.05, 3.63) is 35.7 Å². The number of hydrogen-bond donors (Lipinski definition) is 1. The van der Waals surface area contributed by atoms with Crippen LogP contribution in [0.1, 0.15) is 18.3 Å². The molecule has 118 valence electrons. The summed E-state index contributed by atoms with van der Waals surface area (Å²) in [6, 6.07) is 7.62. The summed E-state index contributed by atoms with van der Waals surface area (Å²) in [4.78, 5) is 12.1. The fourth-order valence-electron chi connectivity index (χ4n) is 1.78. The van der Waals surface area contributed by atoms with Crippen molar-refractivity contribution in [3.8, 4) is 5.75 Å². The lowest BCUT2D eigenvalue weighted by molar-refractivity contribution is -0.120. The van der Waals surface area contributed by atoms with E-state index in [2.05, 4.69) is 15.5 Å². The number of carbonyl (C=O) groups is 1. The number of methoxy groups -OCH3 is 1. The van der Waals surface area contributed by atoms with Crippen LogP contribution in [-0.2, 0) is 18.4 Å². The van der Waals surface area contributed by atoms with Gasteiger partial charge >= 0.3 is 0 Å². The summed E-state index contributed by atoms with van der Waals surface area (Å²) in [5, 5.41) is 11.5. The first kappa shape index (κ1) is 16.4. The summed E-state index contributed by atoms with van der Waals surface area (Å²) in [5.41, 5.74) is 1.03. The number of nitrogens with one attached hydrogen (secondary N) is 1. The fraction of sp³-hybridized carbons (Fsp3) is 0.400. The molecule has 2 rings (SSSR count). The van der Waals surface area contributed by atoms with Gasteiger partial charge in [-0.3, -0.25) is 4.79 Å². The van der Waals surface area contributed by atoms with Crippen molar-refractivity contribution in [1.29, 1.82) is 0 Å². The van der Waals surface area contributed by atoms with E-state index in [-0.39, 0.29) is 11.2 Å². The molecule has 1 aromatic carbocycles. The zero-order valence-corrected chi connectivity index (χ0v) is 14.0. The molecule has 0 radical (unpaired) electrons. The lowest BCUT2D eigenvalue weighted by Gasteiger charge is -2.11.